The smallest absolute Gasteiger partial charge is 0.143 e. The Morgan fingerprint density at radius 1 is 0.556 bits per heavy atom. The van der Waals surface area contributed by atoms with Crippen LogP contribution in [0.3, 0.4) is 0 Å². The molecule has 0 amide bonds. The topological polar surface area (TPSA) is 25.2 Å². The highest BCUT2D eigenvalue weighted by Crippen LogP contribution is 2.42. The SMILES string of the molecule is CC(C)(C)c1cc(Nc2ccc3c(-c4ccccc4)c(-c4ccccc4)oc3c2)cc(C(C)(C)C)c1. The van der Waals surface area contributed by atoms with Gasteiger partial charge in [-0.3, -0.25) is 0 Å². The monoisotopic (exact) mass is 473 g/mol. The van der Waals surface area contributed by atoms with Crippen LogP contribution >= 0.6 is 0 Å². The molecule has 0 fully saturated rings. The molecule has 0 bridgehead atoms. The summed E-state index contributed by atoms with van der Waals surface area (Å²) < 4.78 is 6.53. The molecule has 0 saturated heterocycles. The summed E-state index contributed by atoms with van der Waals surface area (Å²) in [6.45, 7) is 13.6. The molecule has 1 N–H and O–H groups in total. The van der Waals surface area contributed by atoms with Gasteiger partial charge in [0.2, 0.25) is 0 Å². The van der Waals surface area contributed by atoms with Gasteiger partial charge < -0.3 is 9.73 Å². The lowest BCUT2D eigenvalue weighted by molar-refractivity contribution is 0.569. The van der Waals surface area contributed by atoms with Crippen molar-refractivity contribution in [1.29, 1.82) is 0 Å². The molecule has 0 aliphatic carbocycles. The summed E-state index contributed by atoms with van der Waals surface area (Å²) in [6.07, 6.45) is 0. The highest BCUT2D eigenvalue weighted by Gasteiger charge is 2.21. The number of hydrogen-bond acceptors (Lipinski definition) is 2. The third-order valence-corrected chi connectivity index (χ3v) is 6.74. The molecule has 1 aromatic heterocycles. The van der Waals surface area contributed by atoms with Crippen LogP contribution in [0.1, 0.15) is 52.7 Å². The van der Waals surface area contributed by atoms with E-state index in [2.05, 4.69) is 132 Å². The average molecular weight is 474 g/mol. The highest BCUT2D eigenvalue weighted by atomic mass is 16.3. The number of benzene rings is 4. The van der Waals surface area contributed by atoms with Crippen LogP contribution in [0.5, 0.6) is 0 Å². The normalized spacial score (nSPS) is 12.2. The van der Waals surface area contributed by atoms with Crippen molar-refractivity contribution < 1.29 is 4.42 Å². The summed E-state index contributed by atoms with van der Waals surface area (Å²) in [6, 6.07) is 34.2. The maximum absolute atomic E-state index is 6.53. The lowest BCUT2D eigenvalue weighted by Crippen LogP contribution is -2.16. The summed E-state index contributed by atoms with van der Waals surface area (Å²) in [4.78, 5) is 0. The van der Waals surface area contributed by atoms with Crippen molar-refractivity contribution in [3.63, 3.8) is 0 Å². The van der Waals surface area contributed by atoms with E-state index in [1.54, 1.807) is 0 Å². The van der Waals surface area contributed by atoms with E-state index in [1.807, 2.05) is 12.1 Å². The Labute approximate surface area is 215 Å². The van der Waals surface area contributed by atoms with Gasteiger partial charge in [-0.1, -0.05) is 108 Å². The van der Waals surface area contributed by atoms with E-state index in [0.29, 0.717) is 0 Å². The van der Waals surface area contributed by atoms with E-state index in [4.69, 9.17) is 4.42 Å². The Kier molecular flexibility index (Phi) is 6.00. The maximum Gasteiger partial charge on any atom is 0.143 e. The van der Waals surface area contributed by atoms with E-state index in [-0.39, 0.29) is 10.8 Å². The summed E-state index contributed by atoms with van der Waals surface area (Å²) in [5.41, 5.74) is 9.15. The van der Waals surface area contributed by atoms with Crippen LogP contribution in [0.4, 0.5) is 11.4 Å². The van der Waals surface area contributed by atoms with Crippen LogP contribution < -0.4 is 5.32 Å². The zero-order valence-electron chi connectivity index (χ0n) is 22.1. The van der Waals surface area contributed by atoms with Gasteiger partial charge in [0.15, 0.2) is 0 Å². The fourth-order valence-electron chi connectivity index (χ4n) is 4.59. The van der Waals surface area contributed by atoms with Crippen LogP contribution in [0, 0.1) is 0 Å². The quantitative estimate of drug-likeness (QED) is 0.281. The van der Waals surface area contributed by atoms with Gasteiger partial charge in [0.05, 0.1) is 0 Å². The molecule has 0 unspecified atom stereocenters. The van der Waals surface area contributed by atoms with Crippen LogP contribution in [-0.2, 0) is 10.8 Å². The molecule has 2 nitrogen and oxygen atoms in total. The molecule has 4 aromatic carbocycles. The van der Waals surface area contributed by atoms with Gasteiger partial charge in [-0.15, -0.1) is 0 Å². The maximum atomic E-state index is 6.53. The molecule has 0 aliphatic rings. The fourth-order valence-corrected chi connectivity index (χ4v) is 4.59. The van der Waals surface area contributed by atoms with Crippen LogP contribution in [0.25, 0.3) is 33.4 Å². The second kappa shape index (κ2) is 9.02. The van der Waals surface area contributed by atoms with Crippen molar-refractivity contribution in [3.8, 4) is 22.5 Å². The standard InChI is InChI=1S/C34H35NO/c1-33(2,3)25-19-26(34(4,5)6)21-28(20-25)35-27-17-18-29-30(22-27)36-32(24-15-11-8-12-16-24)31(29)23-13-9-7-10-14-23/h7-22,35H,1-6H3. The van der Waals surface area contributed by atoms with E-state index in [1.165, 1.54) is 11.1 Å². The van der Waals surface area contributed by atoms with E-state index >= 15 is 0 Å². The van der Waals surface area contributed by atoms with Crippen LogP contribution in [-0.4, -0.2) is 0 Å². The third kappa shape index (κ3) is 4.81. The molecular weight excluding hydrogens is 438 g/mol. The Hall–Kier alpha value is -3.78. The first-order valence-electron chi connectivity index (χ1n) is 12.7. The predicted molar refractivity (Wildman–Crippen MR) is 154 cm³/mol. The van der Waals surface area contributed by atoms with Gasteiger partial charge in [0, 0.05) is 34.0 Å². The molecule has 0 aliphatic heterocycles. The summed E-state index contributed by atoms with van der Waals surface area (Å²) >= 11 is 0. The molecule has 1 heterocycles. The molecular formula is C34H35NO. The number of hydrogen-bond donors (Lipinski definition) is 1. The van der Waals surface area contributed by atoms with Crippen molar-refractivity contribution in [2.75, 3.05) is 5.32 Å². The molecule has 182 valence electrons. The van der Waals surface area contributed by atoms with Crippen molar-refractivity contribution in [2.24, 2.45) is 0 Å². The Morgan fingerprint density at radius 3 is 1.67 bits per heavy atom. The Morgan fingerprint density at radius 2 is 1.11 bits per heavy atom. The number of furan rings is 1. The molecule has 36 heavy (non-hydrogen) atoms. The molecule has 0 saturated carbocycles. The number of fused-ring (bicyclic) bond motifs is 1. The molecule has 0 atom stereocenters. The summed E-state index contributed by atoms with van der Waals surface area (Å²) in [7, 11) is 0. The summed E-state index contributed by atoms with van der Waals surface area (Å²) in [5.74, 6) is 0.902. The van der Waals surface area contributed by atoms with Gasteiger partial charge in [0.25, 0.3) is 0 Å². The second-order valence-electron chi connectivity index (χ2n) is 11.7. The number of nitrogens with one attached hydrogen (secondary N) is 1. The first-order chi connectivity index (χ1) is 17.1. The van der Waals surface area contributed by atoms with Crippen molar-refractivity contribution >= 4 is 22.3 Å². The molecule has 2 heteroatoms. The average Bonchev–Trinajstić information content (AvgIpc) is 3.23. The van der Waals surface area contributed by atoms with Gasteiger partial charge in [0.1, 0.15) is 11.3 Å². The first-order valence-corrected chi connectivity index (χ1v) is 12.7. The van der Waals surface area contributed by atoms with Crippen molar-refractivity contribution in [1.82, 2.24) is 0 Å². The minimum atomic E-state index is 0.0673. The highest BCUT2D eigenvalue weighted by molar-refractivity contribution is 6.02. The minimum Gasteiger partial charge on any atom is -0.455 e. The fraction of sp³-hybridized carbons (Fsp3) is 0.235. The lowest BCUT2D eigenvalue weighted by Gasteiger charge is -2.26. The largest absolute Gasteiger partial charge is 0.455 e. The zero-order chi connectivity index (χ0) is 25.5. The van der Waals surface area contributed by atoms with Gasteiger partial charge >= 0.3 is 0 Å². The first kappa shape index (κ1) is 23.9. The van der Waals surface area contributed by atoms with E-state index in [0.717, 1.165) is 44.8 Å². The van der Waals surface area contributed by atoms with Crippen molar-refractivity contribution in [2.45, 2.75) is 52.4 Å². The minimum absolute atomic E-state index is 0.0673. The lowest BCUT2D eigenvalue weighted by atomic mass is 9.80. The Bertz CT molecular complexity index is 1460. The molecule has 5 rings (SSSR count). The second-order valence-corrected chi connectivity index (χ2v) is 11.7. The van der Waals surface area contributed by atoms with Crippen LogP contribution in [0.2, 0.25) is 0 Å². The van der Waals surface area contributed by atoms with E-state index < -0.39 is 0 Å². The van der Waals surface area contributed by atoms with Gasteiger partial charge in [-0.25, -0.2) is 0 Å². The zero-order valence-corrected chi connectivity index (χ0v) is 22.1. The molecule has 5 aromatic rings. The molecule has 0 spiro atoms. The summed E-state index contributed by atoms with van der Waals surface area (Å²) in [5, 5.41) is 4.78. The molecule has 0 radical (unpaired) electrons. The van der Waals surface area contributed by atoms with E-state index in [9.17, 15) is 0 Å². The number of anilines is 2. The van der Waals surface area contributed by atoms with Crippen molar-refractivity contribution in [3.05, 3.63) is 108 Å². The van der Waals surface area contributed by atoms with Crippen LogP contribution in [0.15, 0.2) is 101 Å². The van der Waals surface area contributed by atoms with Gasteiger partial charge in [-0.2, -0.15) is 0 Å². The van der Waals surface area contributed by atoms with Gasteiger partial charge in [-0.05, 0) is 51.8 Å². The third-order valence-electron chi connectivity index (χ3n) is 6.74. The Balaban J connectivity index is 1.61. The number of rotatable bonds is 4. The predicted octanol–water partition coefficient (Wildman–Crippen LogP) is 10.1.